The van der Waals surface area contributed by atoms with Crippen LogP contribution in [0.2, 0.25) is 0 Å². The van der Waals surface area contributed by atoms with E-state index in [-0.39, 0.29) is 22.0 Å². The number of nitro groups is 1. The van der Waals surface area contributed by atoms with Crippen LogP contribution in [0.15, 0.2) is 112 Å². The Bertz CT molecular complexity index is 1800. The summed E-state index contributed by atoms with van der Waals surface area (Å²) < 4.78 is 31.4. The highest BCUT2D eigenvalue weighted by atomic mass is 79.9. The molecule has 0 N–H and O–H groups in total. The first kappa shape index (κ1) is 27.6. The number of benzene rings is 4. The van der Waals surface area contributed by atoms with Crippen LogP contribution in [0, 0.1) is 16.0 Å². The third-order valence-corrected chi connectivity index (χ3v) is 8.74. The molecule has 0 aromatic heterocycles. The minimum Gasteiger partial charge on any atom is -0.379 e. The highest BCUT2D eigenvalue weighted by Gasteiger charge is 2.60. The number of carbonyl (C=O) groups excluding carboxylic acids is 2. The van der Waals surface area contributed by atoms with E-state index in [1.165, 1.54) is 47.5 Å². The number of nitrogens with zero attached hydrogens (tertiary/aromatic N) is 3. The number of halogens is 1. The minimum atomic E-state index is -4.09. The van der Waals surface area contributed by atoms with Gasteiger partial charge in [-0.25, -0.2) is 9.96 Å². The van der Waals surface area contributed by atoms with Crippen LogP contribution in [-0.2, 0) is 24.5 Å². The Morgan fingerprint density at radius 2 is 1.52 bits per heavy atom. The van der Waals surface area contributed by atoms with Crippen LogP contribution in [0.3, 0.4) is 0 Å². The zero-order valence-corrected chi connectivity index (χ0v) is 23.8. The summed E-state index contributed by atoms with van der Waals surface area (Å²) in [6.45, 7) is 0. The van der Waals surface area contributed by atoms with Crippen molar-refractivity contribution in [3.8, 4) is 5.75 Å². The lowest BCUT2D eigenvalue weighted by Gasteiger charge is -2.28. The van der Waals surface area contributed by atoms with Crippen LogP contribution in [0.25, 0.3) is 0 Å². The van der Waals surface area contributed by atoms with E-state index in [9.17, 15) is 28.1 Å². The van der Waals surface area contributed by atoms with Gasteiger partial charge >= 0.3 is 10.1 Å². The fourth-order valence-corrected chi connectivity index (χ4v) is 6.26. The zero-order chi connectivity index (χ0) is 29.6. The van der Waals surface area contributed by atoms with E-state index in [2.05, 4.69) is 15.9 Å². The van der Waals surface area contributed by atoms with Crippen molar-refractivity contribution in [3.63, 3.8) is 0 Å². The SMILES string of the molecule is O=C1[C@H]2[C@@H](ON(c3cccc([N+](=O)[O-])c3)[C@H]2c2ccc(OS(=O)(=O)c3ccccc3)cc2)C(=O)N1c1ccc(Br)cc1. The maximum atomic E-state index is 13.8. The maximum Gasteiger partial charge on any atom is 0.339 e. The predicted molar refractivity (Wildman–Crippen MR) is 154 cm³/mol. The van der Waals surface area contributed by atoms with Crippen molar-refractivity contribution in [3.05, 3.63) is 123 Å². The molecule has 2 amide bonds. The molecule has 0 spiro atoms. The fourth-order valence-electron chi connectivity index (χ4n) is 5.05. The van der Waals surface area contributed by atoms with E-state index in [4.69, 9.17) is 9.02 Å². The van der Waals surface area contributed by atoms with Gasteiger partial charge in [0, 0.05) is 16.6 Å². The van der Waals surface area contributed by atoms with E-state index in [0.29, 0.717) is 11.3 Å². The van der Waals surface area contributed by atoms with E-state index >= 15 is 0 Å². The molecule has 0 bridgehead atoms. The Labute approximate surface area is 248 Å². The lowest BCUT2D eigenvalue weighted by molar-refractivity contribution is -0.384. The average Bonchev–Trinajstić information content (AvgIpc) is 3.50. The van der Waals surface area contributed by atoms with Crippen molar-refractivity contribution in [1.29, 1.82) is 0 Å². The second-order valence-electron chi connectivity index (χ2n) is 9.51. The molecule has 3 atom stereocenters. The predicted octanol–water partition coefficient (Wildman–Crippen LogP) is 5.18. The Morgan fingerprint density at radius 3 is 2.19 bits per heavy atom. The van der Waals surface area contributed by atoms with Gasteiger partial charge in [0.15, 0.2) is 6.10 Å². The molecule has 2 saturated heterocycles. The van der Waals surface area contributed by atoms with Gasteiger partial charge in [-0.3, -0.25) is 24.5 Å². The van der Waals surface area contributed by atoms with E-state index in [1.807, 2.05) is 0 Å². The van der Waals surface area contributed by atoms with Gasteiger partial charge in [0.05, 0.1) is 22.3 Å². The van der Waals surface area contributed by atoms with Gasteiger partial charge in [0.2, 0.25) is 5.91 Å². The van der Waals surface area contributed by atoms with Gasteiger partial charge in [-0.2, -0.15) is 8.42 Å². The Hall–Kier alpha value is -4.59. The lowest BCUT2D eigenvalue weighted by Crippen LogP contribution is -2.37. The molecule has 4 aromatic rings. The number of hydrogen-bond acceptors (Lipinski definition) is 9. The second kappa shape index (κ2) is 10.7. The number of hydroxylamine groups is 1. The number of carbonyl (C=O) groups is 2. The monoisotopic (exact) mass is 649 g/mol. The summed E-state index contributed by atoms with van der Waals surface area (Å²) in [6.07, 6.45) is -1.19. The highest BCUT2D eigenvalue weighted by Crippen LogP contribution is 2.48. The smallest absolute Gasteiger partial charge is 0.339 e. The summed E-state index contributed by atoms with van der Waals surface area (Å²) >= 11 is 3.34. The van der Waals surface area contributed by atoms with Gasteiger partial charge in [-0.05, 0) is 60.2 Å². The van der Waals surface area contributed by atoms with Crippen molar-refractivity contribution in [2.45, 2.75) is 17.0 Å². The number of amides is 2. The molecule has 0 unspecified atom stereocenters. The normalized spacial score (nSPS) is 20.1. The number of nitro benzene ring substituents is 1. The molecule has 2 fully saturated rings. The van der Waals surface area contributed by atoms with Gasteiger partial charge in [-0.1, -0.05) is 52.3 Å². The number of anilines is 2. The van der Waals surface area contributed by atoms with Crippen molar-refractivity contribution in [1.82, 2.24) is 0 Å². The molecule has 0 saturated carbocycles. The topological polar surface area (TPSA) is 136 Å². The van der Waals surface area contributed by atoms with E-state index in [0.717, 1.165) is 9.37 Å². The molecule has 4 aromatic carbocycles. The van der Waals surface area contributed by atoms with Crippen molar-refractivity contribution in [2.24, 2.45) is 5.92 Å². The molecule has 6 rings (SSSR count). The Morgan fingerprint density at radius 1 is 0.833 bits per heavy atom. The molecule has 42 heavy (non-hydrogen) atoms. The Kier molecular flexibility index (Phi) is 7.01. The van der Waals surface area contributed by atoms with Gasteiger partial charge < -0.3 is 4.18 Å². The molecule has 2 heterocycles. The van der Waals surface area contributed by atoms with E-state index < -0.39 is 44.9 Å². The lowest BCUT2D eigenvalue weighted by atomic mass is 9.90. The van der Waals surface area contributed by atoms with Crippen LogP contribution in [0.1, 0.15) is 11.6 Å². The molecule has 0 aliphatic carbocycles. The maximum absolute atomic E-state index is 13.8. The first-order valence-electron chi connectivity index (χ1n) is 12.6. The van der Waals surface area contributed by atoms with Crippen LogP contribution >= 0.6 is 15.9 Å². The van der Waals surface area contributed by atoms with Crippen molar-refractivity contribution < 1.29 is 32.0 Å². The number of imide groups is 1. The third kappa shape index (κ3) is 4.91. The molecular weight excluding hydrogens is 630 g/mol. The largest absolute Gasteiger partial charge is 0.379 e. The molecule has 212 valence electrons. The summed E-state index contributed by atoms with van der Waals surface area (Å²) in [5.74, 6) is -2.04. The highest BCUT2D eigenvalue weighted by molar-refractivity contribution is 9.10. The molecule has 0 radical (unpaired) electrons. The van der Waals surface area contributed by atoms with Crippen LogP contribution in [0.5, 0.6) is 5.75 Å². The second-order valence-corrected chi connectivity index (χ2v) is 12.0. The summed E-state index contributed by atoms with van der Waals surface area (Å²) in [5, 5.41) is 12.8. The van der Waals surface area contributed by atoms with Gasteiger partial charge in [0.1, 0.15) is 16.6 Å². The van der Waals surface area contributed by atoms with Crippen LogP contribution in [-0.4, -0.2) is 31.3 Å². The summed E-state index contributed by atoms with van der Waals surface area (Å²) in [7, 11) is -4.09. The third-order valence-electron chi connectivity index (χ3n) is 6.95. The first-order valence-corrected chi connectivity index (χ1v) is 14.8. The number of hydrogen-bond donors (Lipinski definition) is 0. The van der Waals surface area contributed by atoms with Crippen LogP contribution in [0.4, 0.5) is 17.1 Å². The quantitative estimate of drug-likeness (QED) is 0.115. The Balaban J connectivity index is 1.37. The van der Waals surface area contributed by atoms with Gasteiger partial charge in [-0.15, -0.1) is 0 Å². The summed E-state index contributed by atoms with van der Waals surface area (Å²) in [4.78, 5) is 45.3. The van der Waals surface area contributed by atoms with Gasteiger partial charge in [0.25, 0.3) is 11.6 Å². The molecular formula is C29H20BrN3O8S. The average molecular weight is 650 g/mol. The van der Waals surface area contributed by atoms with Crippen LogP contribution < -0.4 is 14.1 Å². The summed E-state index contributed by atoms with van der Waals surface area (Å²) in [6, 6.07) is 25.1. The molecule has 2 aliphatic heterocycles. The zero-order valence-electron chi connectivity index (χ0n) is 21.4. The van der Waals surface area contributed by atoms with Crippen molar-refractivity contribution in [2.75, 3.05) is 9.96 Å². The minimum absolute atomic E-state index is 0.0129. The standard InChI is InChI=1S/C29H20BrN3O8S/c30-19-11-13-20(14-12-19)31-28(34)25-26(32(40-27(25)29(31)35)21-5-4-6-22(17-21)33(36)37)18-9-15-23(16-10-18)41-42(38,39)24-7-2-1-3-8-24/h1-17,25-27H/t25-,26+,27-/m1/s1. The van der Waals surface area contributed by atoms with Crippen molar-refractivity contribution >= 4 is 54.9 Å². The molecule has 13 heteroatoms. The number of rotatable bonds is 7. The fraction of sp³-hybridized carbons (Fsp3) is 0.103. The summed E-state index contributed by atoms with van der Waals surface area (Å²) in [5.41, 5.74) is 0.946. The first-order chi connectivity index (χ1) is 20.1. The number of non-ortho nitro benzene ring substituents is 1. The molecule has 11 nitrogen and oxygen atoms in total. The number of fused-ring (bicyclic) bond motifs is 1. The van der Waals surface area contributed by atoms with E-state index in [1.54, 1.807) is 60.7 Å². The molecule has 2 aliphatic rings.